The molecule has 1 fully saturated rings. The van der Waals surface area contributed by atoms with Crippen LogP contribution in [0.3, 0.4) is 0 Å². The standard InChI is InChI=1S/C21H23N5O2/c1-25-11-9-23-19(25)12-16-4-3-10-26(15-16)21(27)17-5-2-6-18(13-17)28-20-14-22-7-8-24-20/h2,5-9,11,13-14,16H,3-4,10,12,15H2,1H3. The van der Waals surface area contributed by atoms with E-state index in [1.165, 1.54) is 0 Å². The van der Waals surface area contributed by atoms with Crippen LogP contribution in [0.1, 0.15) is 29.0 Å². The molecule has 3 aromatic rings. The first-order valence-electron chi connectivity index (χ1n) is 9.48. The Labute approximate surface area is 164 Å². The number of ether oxygens (including phenoxy) is 1. The van der Waals surface area contributed by atoms with E-state index in [1.54, 1.807) is 24.7 Å². The second kappa shape index (κ2) is 8.21. The largest absolute Gasteiger partial charge is 0.437 e. The smallest absolute Gasteiger partial charge is 0.253 e. The van der Waals surface area contributed by atoms with Crippen molar-refractivity contribution < 1.29 is 9.53 Å². The normalized spacial score (nSPS) is 16.8. The molecule has 0 radical (unpaired) electrons. The fourth-order valence-electron chi connectivity index (χ4n) is 3.60. The molecule has 0 bridgehead atoms. The molecule has 1 amide bonds. The average Bonchev–Trinajstić information content (AvgIpc) is 3.13. The minimum absolute atomic E-state index is 0.0362. The third kappa shape index (κ3) is 4.19. The number of piperidine rings is 1. The first kappa shape index (κ1) is 18.2. The van der Waals surface area contributed by atoms with Gasteiger partial charge in [-0.05, 0) is 37.0 Å². The molecule has 2 aromatic heterocycles. The van der Waals surface area contributed by atoms with Crippen molar-refractivity contribution in [3.63, 3.8) is 0 Å². The number of amides is 1. The zero-order valence-electron chi connectivity index (χ0n) is 15.9. The summed E-state index contributed by atoms with van der Waals surface area (Å²) in [6.07, 6.45) is 11.5. The number of rotatable bonds is 5. The summed E-state index contributed by atoms with van der Waals surface area (Å²) in [5, 5.41) is 0. The lowest BCUT2D eigenvalue weighted by Crippen LogP contribution is -2.40. The van der Waals surface area contributed by atoms with Crippen molar-refractivity contribution in [3.05, 3.63) is 66.6 Å². The van der Waals surface area contributed by atoms with Crippen LogP contribution in [0.25, 0.3) is 0 Å². The summed E-state index contributed by atoms with van der Waals surface area (Å²) >= 11 is 0. The highest BCUT2D eigenvalue weighted by Crippen LogP contribution is 2.24. The quantitative estimate of drug-likeness (QED) is 0.683. The first-order chi connectivity index (χ1) is 13.7. The summed E-state index contributed by atoms with van der Waals surface area (Å²) in [5.74, 6) is 2.51. The second-order valence-corrected chi connectivity index (χ2v) is 7.09. The Balaban J connectivity index is 1.43. The number of carbonyl (C=O) groups excluding carboxylic acids is 1. The Morgan fingerprint density at radius 1 is 1.25 bits per heavy atom. The Kier molecular flexibility index (Phi) is 5.32. The number of benzene rings is 1. The Morgan fingerprint density at radius 2 is 2.18 bits per heavy atom. The van der Waals surface area contributed by atoms with Crippen molar-refractivity contribution in [2.24, 2.45) is 13.0 Å². The minimum atomic E-state index is 0.0362. The molecule has 28 heavy (non-hydrogen) atoms. The molecule has 1 unspecified atom stereocenters. The lowest BCUT2D eigenvalue weighted by Gasteiger charge is -2.32. The van der Waals surface area contributed by atoms with Gasteiger partial charge < -0.3 is 14.2 Å². The molecule has 3 heterocycles. The molecule has 0 saturated carbocycles. The van der Waals surface area contributed by atoms with Gasteiger partial charge in [0.2, 0.25) is 5.88 Å². The number of nitrogens with zero attached hydrogens (tertiary/aromatic N) is 5. The van der Waals surface area contributed by atoms with Gasteiger partial charge in [-0.3, -0.25) is 9.78 Å². The number of carbonyl (C=O) groups is 1. The average molecular weight is 377 g/mol. The van der Waals surface area contributed by atoms with E-state index in [9.17, 15) is 4.79 Å². The van der Waals surface area contributed by atoms with Crippen LogP contribution in [-0.4, -0.2) is 43.4 Å². The summed E-state index contributed by atoms with van der Waals surface area (Å²) in [7, 11) is 2.01. The molecule has 144 valence electrons. The maximum atomic E-state index is 13.0. The molecule has 7 nitrogen and oxygen atoms in total. The molecular formula is C21H23N5O2. The van der Waals surface area contributed by atoms with Gasteiger partial charge in [0.05, 0.1) is 6.20 Å². The minimum Gasteiger partial charge on any atom is -0.437 e. The zero-order valence-corrected chi connectivity index (χ0v) is 15.9. The van der Waals surface area contributed by atoms with E-state index in [2.05, 4.69) is 15.0 Å². The van der Waals surface area contributed by atoms with Crippen molar-refractivity contribution in [1.29, 1.82) is 0 Å². The van der Waals surface area contributed by atoms with Gasteiger partial charge in [0.1, 0.15) is 11.6 Å². The van der Waals surface area contributed by atoms with Gasteiger partial charge in [-0.1, -0.05) is 6.07 Å². The van der Waals surface area contributed by atoms with Crippen molar-refractivity contribution >= 4 is 5.91 Å². The molecule has 0 aliphatic carbocycles. The molecule has 4 rings (SSSR count). The summed E-state index contributed by atoms with van der Waals surface area (Å²) < 4.78 is 7.76. The maximum Gasteiger partial charge on any atom is 0.253 e. The van der Waals surface area contributed by atoms with E-state index in [1.807, 2.05) is 47.1 Å². The Bertz CT molecular complexity index is 941. The van der Waals surface area contributed by atoms with Crippen LogP contribution in [0.2, 0.25) is 0 Å². The summed E-state index contributed by atoms with van der Waals surface area (Å²) in [6.45, 7) is 1.53. The van der Waals surface area contributed by atoms with E-state index in [-0.39, 0.29) is 5.91 Å². The summed E-state index contributed by atoms with van der Waals surface area (Å²) in [4.78, 5) is 27.5. The highest BCUT2D eigenvalue weighted by molar-refractivity contribution is 5.94. The molecule has 1 saturated heterocycles. The molecular weight excluding hydrogens is 354 g/mol. The van der Waals surface area contributed by atoms with Crippen LogP contribution in [0.15, 0.2) is 55.2 Å². The lowest BCUT2D eigenvalue weighted by atomic mass is 9.94. The van der Waals surface area contributed by atoms with E-state index < -0.39 is 0 Å². The molecule has 0 spiro atoms. The highest BCUT2D eigenvalue weighted by atomic mass is 16.5. The lowest BCUT2D eigenvalue weighted by molar-refractivity contribution is 0.0671. The maximum absolute atomic E-state index is 13.0. The van der Waals surface area contributed by atoms with Crippen LogP contribution in [0.5, 0.6) is 11.6 Å². The van der Waals surface area contributed by atoms with E-state index >= 15 is 0 Å². The SMILES string of the molecule is Cn1ccnc1CC1CCCN(C(=O)c2cccc(Oc3cnccn3)c2)C1. The van der Waals surface area contributed by atoms with Crippen molar-refractivity contribution in [2.75, 3.05) is 13.1 Å². The summed E-state index contributed by atoms with van der Waals surface area (Å²) in [5.41, 5.74) is 0.624. The van der Waals surface area contributed by atoms with Crippen LogP contribution >= 0.6 is 0 Å². The molecule has 0 N–H and O–H groups in total. The highest BCUT2D eigenvalue weighted by Gasteiger charge is 2.25. The number of aryl methyl sites for hydroxylation is 1. The van der Waals surface area contributed by atoms with Gasteiger partial charge in [-0.25, -0.2) is 9.97 Å². The Hall–Kier alpha value is -3.22. The van der Waals surface area contributed by atoms with Gasteiger partial charge in [0, 0.05) is 56.9 Å². The van der Waals surface area contributed by atoms with Crippen molar-refractivity contribution in [2.45, 2.75) is 19.3 Å². The van der Waals surface area contributed by atoms with Crippen LogP contribution in [0.4, 0.5) is 0 Å². The number of imidazole rings is 1. The monoisotopic (exact) mass is 377 g/mol. The van der Waals surface area contributed by atoms with Gasteiger partial charge in [-0.15, -0.1) is 0 Å². The fourth-order valence-corrected chi connectivity index (χ4v) is 3.60. The van der Waals surface area contributed by atoms with E-state index in [0.29, 0.717) is 23.1 Å². The Morgan fingerprint density at radius 3 is 2.96 bits per heavy atom. The second-order valence-electron chi connectivity index (χ2n) is 7.09. The van der Waals surface area contributed by atoms with E-state index in [0.717, 1.165) is 38.2 Å². The predicted molar refractivity (Wildman–Crippen MR) is 104 cm³/mol. The number of hydrogen-bond acceptors (Lipinski definition) is 5. The molecule has 1 aliphatic rings. The number of aromatic nitrogens is 4. The third-order valence-corrected chi connectivity index (χ3v) is 5.04. The van der Waals surface area contributed by atoms with Crippen molar-refractivity contribution in [1.82, 2.24) is 24.4 Å². The van der Waals surface area contributed by atoms with Crippen LogP contribution in [-0.2, 0) is 13.5 Å². The molecule has 7 heteroatoms. The van der Waals surface area contributed by atoms with Crippen molar-refractivity contribution in [3.8, 4) is 11.6 Å². The topological polar surface area (TPSA) is 73.1 Å². The molecule has 1 atom stereocenters. The van der Waals surface area contributed by atoms with E-state index in [4.69, 9.17) is 4.74 Å². The number of likely N-dealkylation sites (tertiary alicyclic amines) is 1. The van der Waals surface area contributed by atoms with Gasteiger partial charge in [0.25, 0.3) is 5.91 Å². The third-order valence-electron chi connectivity index (χ3n) is 5.04. The van der Waals surface area contributed by atoms with Crippen LogP contribution in [0, 0.1) is 5.92 Å². The van der Waals surface area contributed by atoms with Gasteiger partial charge in [0.15, 0.2) is 0 Å². The van der Waals surface area contributed by atoms with Gasteiger partial charge in [-0.2, -0.15) is 0 Å². The fraction of sp³-hybridized carbons (Fsp3) is 0.333. The predicted octanol–water partition coefficient (Wildman–Crippen LogP) is 3.10. The zero-order chi connectivity index (χ0) is 19.3. The van der Waals surface area contributed by atoms with Crippen LogP contribution < -0.4 is 4.74 Å². The molecule has 1 aromatic carbocycles. The first-order valence-corrected chi connectivity index (χ1v) is 9.48. The number of hydrogen-bond donors (Lipinski definition) is 0. The molecule has 1 aliphatic heterocycles. The summed E-state index contributed by atoms with van der Waals surface area (Å²) in [6, 6.07) is 7.23. The van der Waals surface area contributed by atoms with Gasteiger partial charge >= 0.3 is 0 Å².